The molecule has 3 aromatic rings. The van der Waals surface area contributed by atoms with Gasteiger partial charge in [-0.3, -0.25) is 9.59 Å². The Hall–Kier alpha value is -3.60. The Bertz CT molecular complexity index is 969. The van der Waals surface area contributed by atoms with E-state index < -0.39 is 6.10 Å². The van der Waals surface area contributed by atoms with Crippen LogP contribution in [0, 0.1) is 0 Å². The fraction of sp³-hybridized carbons (Fsp3) is 0.167. The fourth-order valence-corrected chi connectivity index (χ4v) is 2.85. The summed E-state index contributed by atoms with van der Waals surface area (Å²) in [6.07, 6.45) is 0.165. The maximum absolute atomic E-state index is 12.5. The van der Waals surface area contributed by atoms with E-state index >= 15 is 0 Å². The lowest BCUT2D eigenvalue weighted by Gasteiger charge is -2.15. The van der Waals surface area contributed by atoms with Gasteiger partial charge in [-0.2, -0.15) is 0 Å². The molecule has 0 aliphatic heterocycles. The molecule has 0 spiro atoms. The van der Waals surface area contributed by atoms with Gasteiger partial charge in [0.2, 0.25) is 0 Å². The smallest absolute Gasteiger partial charge is 0.265 e. The number of hydrogen-bond acceptors (Lipinski definition) is 3. The third-order valence-electron chi connectivity index (χ3n) is 4.49. The van der Waals surface area contributed by atoms with Gasteiger partial charge in [-0.15, -0.1) is 0 Å². The van der Waals surface area contributed by atoms with Crippen molar-refractivity contribution in [3.63, 3.8) is 0 Å². The number of carbonyl (C=O) groups excluding carboxylic acids is 2. The van der Waals surface area contributed by atoms with E-state index in [2.05, 4.69) is 10.6 Å². The monoisotopic (exact) mass is 388 g/mol. The molecule has 0 aliphatic carbocycles. The Morgan fingerprint density at radius 1 is 0.862 bits per heavy atom. The first-order valence-electron chi connectivity index (χ1n) is 9.58. The first kappa shape index (κ1) is 20.1. The Balaban J connectivity index is 1.59. The van der Waals surface area contributed by atoms with E-state index in [-0.39, 0.29) is 11.8 Å². The maximum Gasteiger partial charge on any atom is 0.265 e. The molecule has 2 amide bonds. The van der Waals surface area contributed by atoms with E-state index in [0.717, 1.165) is 17.7 Å². The summed E-state index contributed by atoms with van der Waals surface area (Å²) in [6, 6.07) is 23.7. The molecular weight excluding hydrogens is 364 g/mol. The van der Waals surface area contributed by atoms with E-state index in [1.807, 2.05) is 61.5 Å². The summed E-state index contributed by atoms with van der Waals surface area (Å²) < 4.78 is 5.69. The average molecular weight is 388 g/mol. The summed E-state index contributed by atoms with van der Waals surface area (Å²) in [4.78, 5) is 24.8. The number of anilines is 2. The van der Waals surface area contributed by atoms with Crippen LogP contribution >= 0.6 is 0 Å². The molecule has 0 radical (unpaired) electrons. The van der Waals surface area contributed by atoms with Crippen molar-refractivity contribution in [3.8, 4) is 5.75 Å². The summed E-state index contributed by atoms with van der Waals surface area (Å²) in [6.45, 7) is 3.73. The third-order valence-corrected chi connectivity index (χ3v) is 4.49. The van der Waals surface area contributed by atoms with Gasteiger partial charge in [0.1, 0.15) is 5.75 Å². The molecule has 5 nitrogen and oxygen atoms in total. The number of nitrogens with one attached hydrogen (secondary N) is 2. The lowest BCUT2D eigenvalue weighted by molar-refractivity contribution is -0.122. The quantitative estimate of drug-likeness (QED) is 0.604. The van der Waals surface area contributed by atoms with Crippen LogP contribution in [0.3, 0.4) is 0 Å². The summed E-state index contributed by atoms with van der Waals surface area (Å²) >= 11 is 0. The molecular formula is C24H24N2O3. The average Bonchev–Trinajstić information content (AvgIpc) is 2.75. The van der Waals surface area contributed by atoms with Crippen LogP contribution < -0.4 is 15.4 Å². The molecule has 148 valence electrons. The second kappa shape index (κ2) is 9.55. The molecule has 5 heteroatoms. The molecule has 0 saturated carbocycles. The molecule has 3 aromatic carbocycles. The summed E-state index contributed by atoms with van der Waals surface area (Å²) in [7, 11) is 0. The zero-order chi connectivity index (χ0) is 20.6. The van der Waals surface area contributed by atoms with Crippen molar-refractivity contribution in [1.29, 1.82) is 0 Å². The number of amides is 2. The predicted octanol–water partition coefficient (Wildman–Crippen LogP) is 4.91. The fourth-order valence-electron chi connectivity index (χ4n) is 2.85. The van der Waals surface area contributed by atoms with Gasteiger partial charge in [-0.1, -0.05) is 43.3 Å². The number of aryl methyl sites for hydroxylation is 1. The SMILES string of the molecule is CCc1ccccc1NC(=O)c1ccc(OC(C)C(=O)Nc2ccccc2)cc1. The molecule has 0 heterocycles. The van der Waals surface area contributed by atoms with Crippen molar-refractivity contribution in [2.24, 2.45) is 0 Å². The van der Waals surface area contributed by atoms with Crippen molar-refractivity contribution in [2.45, 2.75) is 26.4 Å². The van der Waals surface area contributed by atoms with Gasteiger partial charge in [-0.05, 0) is 61.4 Å². The van der Waals surface area contributed by atoms with Crippen molar-refractivity contribution < 1.29 is 14.3 Å². The molecule has 0 aromatic heterocycles. The minimum absolute atomic E-state index is 0.188. The zero-order valence-corrected chi connectivity index (χ0v) is 16.5. The van der Waals surface area contributed by atoms with E-state index in [1.165, 1.54) is 0 Å². The predicted molar refractivity (Wildman–Crippen MR) is 115 cm³/mol. The molecule has 0 bridgehead atoms. The largest absolute Gasteiger partial charge is 0.481 e. The number of ether oxygens (including phenoxy) is 1. The molecule has 3 rings (SSSR count). The topological polar surface area (TPSA) is 67.4 Å². The first-order chi connectivity index (χ1) is 14.1. The highest BCUT2D eigenvalue weighted by molar-refractivity contribution is 6.04. The van der Waals surface area contributed by atoms with Crippen molar-refractivity contribution in [1.82, 2.24) is 0 Å². The molecule has 2 N–H and O–H groups in total. The van der Waals surface area contributed by atoms with Crippen LogP contribution in [-0.4, -0.2) is 17.9 Å². The molecule has 1 atom stereocenters. The Kier molecular flexibility index (Phi) is 6.63. The van der Waals surface area contributed by atoms with E-state index in [4.69, 9.17) is 4.74 Å². The van der Waals surface area contributed by atoms with Crippen molar-refractivity contribution in [2.75, 3.05) is 10.6 Å². The van der Waals surface area contributed by atoms with Crippen LogP contribution in [-0.2, 0) is 11.2 Å². The van der Waals surface area contributed by atoms with Crippen LogP contribution in [0.25, 0.3) is 0 Å². The highest BCUT2D eigenvalue weighted by Crippen LogP contribution is 2.19. The zero-order valence-electron chi connectivity index (χ0n) is 16.5. The normalized spacial score (nSPS) is 11.4. The highest BCUT2D eigenvalue weighted by atomic mass is 16.5. The number of para-hydroxylation sites is 2. The number of benzene rings is 3. The van der Waals surface area contributed by atoms with Gasteiger partial charge in [0.25, 0.3) is 11.8 Å². The number of hydrogen-bond donors (Lipinski definition) is 2. The molecule has 29 heavy (non-hydrogen) atoms. The minimum Gasteiger partial charge on any atom is -0.481 e. The maximum atomic E-state index is 12.5. The Labute approximate surface area is 170 Å². The van der Waals surface area contributed by atoms with E-state index in [0.29, 0.717) is 17.0 Å². The molecule has 0 fully saturated rings. The summed E-state index contributed by atoms with van der Waals surface area (Å²) in [5, 5.41) is 5.74. The van der Waals surface area contributed by atoms with Gasteiger partial charge >= 0.3 is 0 Å². The van der Waals surface area contributed by atoms with Crippen LogP contribution in [0.1, 0.15) is 29.8 Å². The first-order valence-corrected chi connectivity index (χ1v) is 9.58. The Morgan fingerprint density at radius 3 is 2.21 bits per heavy atom. The van der Waals surface area contributed by atoms with Gasteiger partial charge < -0.3 is 15.4 Å². The second-order valence-corrected chi connectivity index (χ2v) is 6.60. The summed E-state index contributed by atoms with van der Waals surface area (Å²) in [5.74, 6) is 0.0905. The van der Waals surface area contributed by atoms with Gasteiger partial charge in [0, 0.05) is 16.9 Å². The van der Waals surface area contributed by atoms with Crippen LogP contribution in [0.2, 0.25) is 0 Å². The highest BCUT2D eigenvalue weighted by Gasteiger charge is 2.15. The van der Waals surface area contributed by atoms with Crippen LogP contribution in [0.5, 0.6) is 5.75 Å². The second-order valence-electron chi connectivity index (χ2n) is 6.60. The lowest BCUT2D eigenvalue weighted by Crippen LogP contribution is -2.30. The van der Waals surface area contributed by atoms with E-state index in [1.54, 1.807) is 31.2 Å². The molecule has 1 unspecified atom stereocenters. The Morgan fingerprint density at radius 2 is 1.52 bits per heavy atom. The van der Waals surface area contributed by atoms with Gasteiger partial charge in [-0.25, -0.2) is 0 Å². The molecule has 0 aliphatic rings. The lowest BCUT2D eigenvalue weighted by atomic mass is 10.1. The number of carbonyl (C=O) groups is 2. The van der Waals surface area contributed by atoms with E-state index in [9.17, 15) is 9.59 Å². The van der Waals surface area contributed by atoms with Crippen molar-refractivity contribution in [3.05, 3.63) is 90.0 Å². The van der Waals surface area contributed by atoms with Crippen LogP contribution in [0.4, 0.5) is 11.4 Å². The third kappa shape index (κ3) is 5.45. The minimum atomic E-state index is -0.675. The summed E-state index contributed by atoms with van der Waals surface area (Å²) in [5.41, 5.74) is 3.13. The van der Waals surface area contributed by atoms with Gasteiger partial charge in [0.15, 0.2) is 6.10 Å². The standard InChI is InChI=1S/C24H24N2O3/c1-3-18-9-7-8-12-22(18)26-24(28)19-13-15-21(16-14-19)29-17(2)23(27)25-20-10-5-4-6-11-20/h4-17H,3H2,1-2H3,(H,25,27)(H,26,28). The number of rotatable bonds is 7. The van der Waals surface area contributed by atoms with Crippen molar-refractivity contribution >= 4 is 23.2 Å². The molecule has 0 saturated heterocycles. The van der Waals surface area contributed by atoms with Crippen LogP contribution in [0.15, 0.2) is 78.9 Å². The van der Waals surface area contributed by atoms with Gasteiger partial charge in [0.05, 0.1) is 0 Å².